The third-order valence-electron chi connectivity index (χ3n) is 3.10. The molecule has 1 unspecified atom stereocenters. The Bertz CT molecular complexity index is 365. The van der Waals surface area contributed by atoms with E-state index in [1.807, 2.05) is 26.0 Å². The van der Waals surface area contributed by atoms with Gasteiger partial charge in [-0.1, -0.05) is 19.1 Å². The molecule has 0 bridgehead atoms. The topological polar surface area (TPSA) is 39.7 Å². The van der Waals surface area contributed by atoms with Crippen LogP contribution >= 0.6 is 0 Å². The van der Waals surface area contributed by atoms with E-state index in [-0.39, 0.29) is 12.2 Å². The smallest absolute Gasteiger partial charge is 0.118 e. The monoisotopic (exact) mass is 295 g/mol. The molecular formula is C17H29NO3. The molecule has 0 spiro atoms. The molecule has 0 fully saturated rings. The summed E-state index contributed by atoms with van der Waals surface area (Å²) in [4.78, 5) is 0. The van der Waals surface area contributed by atoms with Crippen molar-refractivity contribution in [2.45, 2.75) is 39.4 Å². The molecule has 4 nitrogen and oxygen atoms in total. The van der Waals surface area contributed by atoms with Crippen LogP contribution in [0.4, 0.5) is 0 Å². The van der Waals surface area contributed by atoms with E-state index in [0.29, 0.717) is 13.2 Å². The van der Waals surface area contributed by atoms with E-state index >= 15 is 0 Å². The molecular weight excluding hydrogens is 266 g/mol. The number of rotatable bonds is 11. The van der Waals surface area contributed by atoms with Gasteiger partial charge in [0.2, 0.25) is 0 Å². The molecule has 0 radical (unpaired) electrons. The van der Waals surface area contributed by atoms with Crippen molar-refractivity contribution in [2.24, 2.45) is 0 Å². The fourth-order valence-corrected chi connectivity index (χ4v) is 1.98. The molecule has 1 N–H and O–H groups in total. The van der Waals surface area contributed by atoms with Crippen molar-refractivity contribution in [3.05, 3.63) is 29.8 Å². The summed E-state index contributed by atoms with van der Waals surface area (Å²) in [5.74, 6) is 0.863. The molecule has 0 saturated heterocycles. The van der Waals surface area contributed by atoms with Gasteiger partial charge in [0.05, 0.1) is 32.5 Å². The highest BCUT2D eigenvalue weighted by molar-refractivity contribution is 5.28. The Morgan fingerprint density at radius 3 is 2.29 bits per heavy atom. The van der Waals surface area contributed by atoms with Gasteiger partial charge in [0, 0.05) is 6.54 Å². The lowest BCUT2D eigenvalue weighted by molar-refractivity contribution is -0.0129. The van der Waals surface area contributed by atoms with Crippen LogP contribution in [0.1, 0.15) is 38.9 Å². The summed E-state index contributed by atoms with van der Waals surface area (Å²) in [7, 11) is 1.68. The maximum atomic E-state index is 5.97. The molecule has 0 aliphatic heterocycles. The van der Waals surface area contributed by atoms with Gasteiger partial charge >= 0.3 is 0 Å². The SMILES string of the molecule is CCCNCC(OCCOC(C)C)c1ccc(OC)cc1. The minimum atomic E-state index is 0.0400. The van der Waals surface area contributed by atoms with Crippen LogP contribution in [0.3, 0.4) is 0 Å². The Labute approximate surface area is 128 Å². The first-order valence-electron chi connectivity index (χ1n) is 7.75. The van der Waals surface area contributed by atoms with E-state index in [2.05, 4.69) is 24.4 Å². The van der Waals surface area contributed by atoms with E-state index in [1.54, 1.807) is 7.11 Å². The maximum Gasteiger partial charge on any atom is 0.118 e. The third-order valence-corrected chi connectivity index (χ3v) is 3.10. The van der Waals surface area contributed by atoms with Crippen molar-refractivity contribution >= 4 is 0 Å². The van der Waals surface area contributed by atoms with Crippen molar-refractivity contribution in [3.63, 3.8) is 0 Å². The fraction of sp³-hybridized carbons (Fsp3) is 0.647. The van der Waals surface area contributed by atoms with Gasteiger partial charge in [-0.05, 0) is 44.5 Å². The van der Waals surface area contributed by atoms with Crippen molar-refractivity contribution in [1.29, 1.82) is 0 Å². The number of nitrogens with one attached hydrogen (secondary N) is 1. The summed E-state index contributed by atoms with van der Waals surface area (Å²) < 4.78 is 16.7. The molecule has 1 aromatic carbocycles. The molecule has 0 saturated carbocycles. The molecule has 1 atom stereocenters. The first kappa shape index (κ1) is 18.0. The second-order valence-corrected chi connectivity index (χ2v) is 5.26. The van der Waals surface area contributed by atoms with Gasteiger partial charge in [0.15, 0.2) is 0 Å². The van der Waals surface area contributed by atoms with E-state index in [1.165, 1.54) is 0 Å². The van der Waals surface area contributed by atoms with Crippen LogP contribution in [0.2, 0.25) is 0 Å². The molecule has 120 valence electrons. The van der Waals surface area contributed by atoms with Gasteiger partial charge in [-0.2, -0.15) is 0 Å². The predicted molar refractivity (Wildman–Crippen MR) is 85.9 cm³/mol. The normalized spacial score (nSPS) is 12.6. The highest BCUT2D eigenvalue weighted by Crippen LogP contribution is 2.20. The molecule has 21 heavy (non-hydrogen) atoms. The Balaban J connectivity index is 2.53. The van der Waals surface area contributed by atoms with Crippen LogP contribution in [-0.4, -0.2) is 39.5 Å². The van der Waals surface area contributed by atoms with Gasteiger partial charge < -0.3 is 19.5 Å². The summed E-state index contributed by atoms with van der Waals surface area (Å²) in [6, 6.07) is 8.05. The fourth-order valence-electron chi connectivity index (χ4n) is 1.98. The summed E-state index contributed by atoms with van der Waals surface area (Å²) in [5.41, 5.74) is 1.16. The van der Waals surface area contributed by atoms with Gasteiger partial charge in [-0.3, -0.25) is 0 Å². The quantitative estimate of drug-likeness (QED) is 0.637. The second kappa shape index (κ2) is 10.6. The molecule has 0 aliphatic carbocycles. The zero-order chi connectivity index (χ0) is 15.5. The summed E-state index contributed by atoms with van der Waals surface area (Å²) >= 11 is 0. The van der Waals surface area contributed by atoms with Crippen molar-refractivity contribution in [2.75, 3.05) is 33.4 Å². The van der Waals surface area contributed by atoms with Gasteiger partial charge in [-0.25, -0.2) is 0 Å². The number of benzene rings is 1. The summed E-state index contributed by atoms with van der Waals surface area (Å²) in [6.45, 7) is 9.25. The maximum absolute atomic E-state index is 5.97. The second-order valence-electron chi connectivity index (χ2n) is 5.26. The lowest BCUT2D eigenvalue weighted by Gasteiger charge is -2.20. The largest absolute Gasteiger partial charge is 0.497 e. The Hall–Kier alpha value is -1.10. The number of methoxy groups -OCH3 is 1. The van der Waals surface area contributed by atoms with Crippen LogP contribution in [-0.2, 0) is 9.47 Å². The third kappa shape index (κ3) is 7.46. The van der Waals surface area contributed by atoms with Gasteiger partial charge in [-0.15, -0.1) is 0 Å². The summed E-state index contributed by atoms with van der Waals surface area (Å²) in [5, 5.41) is 3.41. The molecule has 0 aromatic heterocycles. The van der Waals surface area contributed by atoms with E-state index in [9.17, 15) is 0 Å². The number of hydrogen-bond donors (Lipinski definition) is 1. The van der Waals surface area contributed by atoms with Gasteiger partial charge in [0.25, 0.3) is 0 Å². The van der Waals surface area contributed by atoms with E-state index < -0.39 is 0 Å². The standard InChI is InChI=1S/C17H29NO3/c1-5-10-18-13-17(21-12-11-20-14(2)3)15-6-8-16(19-4)9-7-15/h6-9,14,17-18H,5,10-13H2,1-4H3. The first-order chi connectivity index (χ1) is 10.2. The van der Waals surface area contributed by atoms with E-state index in [4.69, 9.17) is 14.2 Å². The van der Waals surface area contributed by atoms with Gasteiger partial charge in [0.1, 0.15) is 5.75 Å². The Morgan fingerprint density at radius 1 is 1.05 bits per heavy atom. The minimum Gasteiger partial charge on any atom is -0.497 e. The molecule has 0 heterocycles. The minimum absolute atomic E-state index is 0.0400. The van der Waals surface area contributed by atoms with Crippen molar-refractivity contribution in [3.8, 4) is 5.75 Å². The molecule has 1 rings (SSSR count). The predicted octanol–water partition coefficient (Wildman–Crippen LogP) is 3.18. The van der Waals surface area contributed by atoms with Crippen molar-refractivity contribution < 1.29 is 14.2 Å². The zero-order valence-electron chi connectivity index (χ0n) is 13.7. The Morgan fingerprint density at radius 2 is 1.71 bits per heavy atom. The molecule has 4 heteroatoms. The Kier molecular flexibility index (Phi) is 9.06. The highest BCUT2D eigenvalue weighted by atomic mass is 16.5. The average Bonchev–Trinajstić information content (AvgIpc) is 2.49. The van der Waals surface area contributed by atoms with Crippen LogP contribution in [0.15, 0.2) is 24.3 Å². The summed E-state index contributed by atoms with van der Waals surface area (Å²) in [6.07, 6.45) is 1.40. The lowest BCUT2D eigenvalue weighted by atomic mass is 10.1. The van der Waals surface area contributed by atoms with Crippen molar-refractivity contribution in [1.82, 2.24) is 5.32 Å². The van der Waals surface area contributed by atoms with Crippen LogP contribution in [0.5, 0.6) is 5.75 Å². The number of ether oxygens (including phenoxy) is 3. The van der Waals surface area contributed by atoms with Crippen LogP contribution in [0.25, 0.3) is 0 Å². The molecule has 0 aliphatic rings. The van der Waals surface area contributed by atoms with Crippen LogP contribution < -0.4 is 10.1 Å². The first-order valence-corrected chi connectivity index (χ1v) is 7.75. The highest BCUT2D eigenvalue weighted by Gasteiger charge is 2.12. The number of hydrogen-bond acceptors (Lipinski definition) is 4. The lowest BCUT2D eigenvalue weighted by Crippen LogP contribution is -2.25. The zero-order valence-corrected chi connectivity index (χ0v) is 13.7. The van der Waals surface area contributed by atoms with Crippen LogP contribution in [0, 0.1) is 0 Å². The van der Waals surface area contributed by atoms with E-state index in [0.717, 1.165) is 30.8 Å². The molecule has 1 aromatic rings. The average molecular weight is 295 g/mol. The molecule has 0 amide bonds.